The fraction of sp³-hybridized carbons (Fsp3) is 0. The molecule has 2 rings (SSSR count). The highest BCUT2D eigenvalue weighted by Gasteiger charge is 2.09. The molecule has 0 aromatic carbocycles. The number of rotatable bonds is 2. The van der Waals surface area contributed by atoms with Crippen molar-refractivity contribution in [3.05, 3.63) is 30.5 Å². The molecule has 13 heavy (non-hydrogen) atoms. The molecule has 0 saturated heterocycles. The summed E-state index contributed by atoms with van der Waals surface area (Å²) in [5, 5.41) is 3.00. The topological polar surface area (TPSA) is 68.0 Å². The van der Waals surface area contributed by atoms with Gasteiger partial charge >= 0.3 is 0 Å². The molecule has 0 aliphatic heterocycles. The van der Waals surface area contributed by atoms with Gasteiger partial charge in [0.15, 0.2) is 5.76 Å². The van der Waals surface area contributed by atoms with Crippen LogP contribution in [0.5, 0.6) is 0 Å². The lowest BCUT2D eigenvalue weighted by Crippen LogP contribution is -2.10. The third-order valence-electron chi connectivity index (χ3n) is 1.33. The van der Waals surface area contributed by atoms with Gasteiger partial charge in [0.1, 0.15) is 6.33 Å². The van der Waals surface area contributed by atoms with E-state index >= 15 is 0 Å². The Morgan fingerprint density at radius 3 is 3.15 bits per heavy atom. The van der Waals surface area contributed by atoms with E-state index in [0.29, 0.717) is 5.13 Å². The van der Waals surface area contributed by atoms with E-state index < -0.39 is 0 Å². The maximum atomic E-state index is 11.3. The Balaban J connectivity index is 2.08. The third kappa shape index (κ3) is 1.73. The zero-order valence-electron chi connectivity index (χ0n) is 6.43. The normalized spacial score (nSPS) is 9.85. The molecule has 5 nitrogen and oxygen atoms in total. The van der Waals surface area contributed by atoms with E-state index in [1.807, 2.05) is 0 Å². The van der Waals surface area contributed by atoms with Crippen molar-refractivity contribution in [1.29, 1.82) is 0 Å². The van der Waals surface area contributed by atoms with Gasteiger partial charge in [-0.2, -0.15) is 4.37 Å². The summed E-state index contributed by atoms with van der Waals surface area (Å²) in [5.74, 6) is -0.0584. The number of nitrogens with one attached hydrogen (secondary N) is 1. The van der Waals surface area contributed by atoms with Gasteiger partial charge in [0.05, 0.1) is 6.26 Å². The largest absolute Gasteiger partial charge is 0.459 e. The second-order valence-electron chi connectivity index (χ2n) is 2.18. The van der Waals surface area contributed by atoms with Crippen LogP contribution in [0.3, 0.4) is 0 Å². The molecule has 0 unspecified atom stereocenters. The van der Waals surface area contributed by atoms with Crippen molar-refractivity contribution < 1.29 is 9.21 Å². The summed E-state index contributed by atoms with van der Waals surface area (Å²) in [6, 6.07) is 3.23. The van der Waals surface area contributed by atoms with Crippen LogP contribution in [0, 0.1) is 0 Å². The molecule has 0 atom stereocenters. The summed E-state index contributed by atoms with van der Waals surface area (Å²) in [5.41, 5.74) is 0. The van der Waals surface area contributed by atoms with Crippen LogP contribution in [0.4, 0.5) is 5.13 Å². The summed E-state index contributed by atoms with van der Waals surface area (Å²) in [7, 11) is 0. The Morgan fingerprint density at radius 1 is 1.62 bits per heavy atom. The molecule has 1 N–H and O–H groups in total. The van der Waals surface area contributed by atoms with E-state index in [0.717, 1.165) is 11.5 Å². The third-order valence-corrected chi connectivity index (χ3v) is 1.91. The summed E-state index contributed by atoms with van der Waals surface area (Å²) >= 11 is 1.11. The van der Waals surface area contributed by atoms with Crippen molar-refractivity contribution in [1.82, 2.24) is 9.36 Å². The van der Waals surface area contributed by atoms with Crippen LogP contribution in [0.15, 0.2) is 29.1 Å². The van der Waals surface area contributed by atoms with Gasteiger partial charge in [0.25, 0.3) is 5.91 Å². The average Bonchev–Trinajstić information content (AvgIpc) is 2.74. The SMILES string of the molecule is O=C(Nc1ncns1)c1ccco1. The molecular formula is C7H5N3O2S. The molecule has 6 heteroatoms. The Hall–Kier alpha value is -1.69. The number of carbonyl (C=O) groups excluding carboxylic acids is 1. The first-order valence-corrected chi connectivity index (χ1v) is 4.25. The van der Waals surface area contributed by atoms with Crippen LogP contribution >= 0.6 is 11.5 Å². The fourth-order valence-electron chi connectivity index (χ4n) is 0.795. The van der Waals surface area contributed by atoms with Gasteiger partial charge < -0.3 is 4.42 Å². The zero-order chi connectivity index (χ0) is 9.10. The lowest BCUT2D eigenvalue weighted by molar-refractivity contribution is 0.0996. The maximum absolute atomic E-state index is 11.3. The molecular weight excluding hydrogens is 190 g/mol. The Bertz CT molecular complexity index is 382. The van der Waals surface area contributed by atoms with Crippen LogP contribution in [0.1, 0.15) is 10.6 Å². The van der Waals surface area contributed by atoms with Crippen molar-refractivity contribution in [3.63, 3.8) is 0 Å². The van der Waals surface area contributed by atoms with E-state index in [1.54, 1.807) is 12.1 Å². The van der Waals surface area contributed by atoms with E-state index in [-0.39, 0.29) is 11.7 Å². The molecule has 2 heterocycles. The minimum Gasteiger partial charge on any atom is -0.459 e. The minimum absolute atomic E-state index is 0.259. The molecule has 2 aromatic rings. The number of carbonyl (C=O) groups is 1. The monoisotopic (exact) mass is 195 g/mol. The van der Waals surface area contributed by atoms with Crippen molar-refractivity contribution in [3.8, 4) is 0 Å². The van der Waals surface area contributed by atoms with Crippen molar-refractivity contribution in [2.24, 2.45) is 0 Å². The first-order chi connectivity index (χ1) is 6.36. The van der Waals surface area contributed by atoms with Gasteiger partial charge in [-0.15, -0.1) is 0 Å². The first-order valence-electron chi connectivity index (χ1n) is 3.48. The van der Waals surface area contributed by atoms with Crippen LogP contribution < -0.4 is 5.32 Å². The van der Waals surface area contributed by atoms with E-state index in [9.17, 15) is 4.79 Å². The molecule has 0 spiro atoms. The van der Waals surface area contributed by atoms with Gasteiger partial charge in [-0.05, 0) is 12.1 Å². The molecule has 66 valence electrons. The number of hydrogen-bond donors (Lipinski definition) is 1. The van der Waals surface area contributed by atoms with Gasteiger partial charge in [0, 0.05) is 11.5 Å². The van der Waals surface area contributed by atoms with Gasteiger partial charge in [0.2, 0.25) is 5.13 Å². The highest BCUT2D eigenvalue weighted by atomic mass is 32.1. The number of aromatic nitrogens is 2. The molecule has 0 saturated carbocycles. The quantitative estimate of drug-likeness (QED) is 0.786. The summed E-state index contributed by atoms with van der Waals surface area (Å²) in [6.07, 6.45) is 2.82. The van der Waals surface area contributed by atoms with Gasteiger partial charge in [-0.1, -0.05) is 0 Å². The minimum atomic E-state index is -0.318. The number of amides is 1. The highest BCUT2D eigenvalue weighted by Crippen LogP contribution is 2.09. The number of hydrogen-bond acceptors (Lipinski definition) is 5. The molecule has 0 aliphatic carbocycles. The predicted molar refractivity (Wildman–Crippen MR) is 46.6 cm³/mol. The number of nitrogens with zero attached hydrogens (tertiary/aromatic N) is 2. The van der Waals surface area contributed by atoms with Gasteiger partial charge in [-0.3, -0.25) is 10.1 Å². The Morgan fingerprint density at radius 2 is 2.54 bits per heavy atom. The highest BCUT2D eigenvalue weighted by molar-refractivity contribution is 7.09. The number of furan rings is 1. The number of anilines is 1. The summed E-state index contributed by atoms with van der Waals surface area (Å²) < 4.78 is 8.63. The van der Waals surface area contributed by atoms with Crippen molar-refractivity contribution in [2.75, 3.05) is 5.32 Å². The second-order valence-corrected chi connectivity index (χ2v) is 2.96. The lowest BCUT2D eigenvalue weighted by atomic mass is 10.4. The van der Waals surface area contributed by atoms with Crippen molar-refractivity contribution in [2.45, 2.75) is 0 Å². The molecule has 0 aliphatic rings. The zero-order valence-corrected chi connectivity index (χ0v) is 7.25. The Kier molecular flexibility index (Phi) is 2.05. The van der Waals surface area contributed by atoms with Crippen LogP contribution in [0.25, 0.3) is 0 Å². The summed E-state index contributed by atoms with van der Waals surface area (Å²) in [4.78, 5) is 15.1. The molecule has 2 aromatic heterocycles. The van der Waals surface area contributed by atoms with Crippen LogP contribution in [0.2, 0.25) is 0 Å². The van der Waals surface area contributed by atoms with E-state index in [4.69, 9.17) is 4.42 Å². The molecule has 0 radical (unpaired) electrons. The lowest BCUT2D eigenvalue weighted by Gasteiger charge is -1.95. The fourth-order valence-corrected chi connectivity index (χ4v) is 1.22. The molecule has 0 bridgehead atoms. The van der Waals surface area contributed by atoms with Crippen molar-refractivity contribution >= 4 is 22.6 Å². The van der Waals surface area contributed by atoms with Gasteiger partial charge in [-0.25, -0.2) is 4.98 Å². The van der Waals surface area contributed by atoms with Crippen LogP contribution in [-0.4, -0.2) is 15.3 Å². The van der Waals surface area contributed by atoms with E-state index in [1.165, 1.54) is 12.6 Å². The van der Waals surface area contributed by atoms with E-state index in [2.05, 4.69) is 14.7 Å². The molecule has 1 amide bonds. The smallest absolute Gasteiger partial charge is 0.293 e. The Labute approximate surface area is 77.6 Å². The predicted octanol–water partition coefficient (Wildman–Crippen LogP) is 1.38. The average molecular weight is 195 g/mol. The second kappa shape index (κ2) is 3.36. The first kappa shape index (κ1) is 7.93. The van der Waals surface area contributed by atoms with Crippen LogP contribution in [-0.2, 0) is 0 Å². The maximum Gasteiger partial charge on any atom is 0.293 e. The summed E-state index contributed by atoms with van der Waals surface area (Å²) in [6.45, 7) is 0. The standard InChI is InChI=1S/C7H5N3O2S/c11-6(5-2-1-3-12-5)10-7-8-4-9-13-7/h1-4H,(H,8,9,10,11). The molecule has 0 fully saturated rings.